The number of aryl methyl sites for hydroxylation is 1. The van der Waals surface area contributed by atoms with Crippen LogP contribution in [0.4, 0.5) is 0 Å². The quantitative estimate of drug-likeness (QED) is 0.874. The zero-order valence-corrected chi connectivity index (χ0v) is 12.7. The topological polar surface area (TPSA) is 46.3 Å². The van der Waals surface area contributed by atoms with E-state index in [0.29, 0.717) is 18.4 Å². The molecule has 3 nitrogen and oxygen atoms in total. The molecular weight excluding hydrogens is 260 g/mol. The fraction of sp³-hybridized carbons (Fsp3) is 0.611. The SMILES string of the molecule is NC(CC(=O)N1CCCC1CCc1ccccc1)C1CC1. The van der Waals surface area contributed by atoms with Gasteiger partial charge in [0.05, 0.1) is 0 Å². The van der Waals surface area contributed by atoms with Crippen molar-refractivity contribution in [2.24, 2.45) is 11.7 Å². The molecule has 0 bridgehead atoms. The predicted octanol–water partition coefficient (Wildman–Crippen LogP) is 2.74. The maximum absolute atomic E-state index is 12.5. The molecule has 2 unspecified atom stereocenters. The molecule has 1 amide bonds. The van der Waals surface area contributed by atoms with E-state index in [4.69, 9.17) is 5.73 Å². The maximum Gasteiger partial charge on any atom is 0.224 e. The highest BCUT2D eigenvalue weighted by atomic mass is 16.2. The molecule has 2 atom stereocenters. The molecule has 1 heterocycles. The van der Waals surface area contributed by atoms with Crippen molar-refractivity contribution in [1.29, 1.82) is 0 Å². The molecule has 2 N–H and O–H groups in total. The van der Waals surface area contributed by atoms with Gasteiger partial charge in [0.1, 0.15) is 0 Å². The van der Waals surface area contributed by atoms with Gasteiger partial charge in [0.15, 0.2) is 0 Å². The Labute approximate surface area is 127 Å². The van der Waals surface area contributed by atoms with E-state index in [1.54, 1.807) is 0 Å². The second-order valence-corrected chi connectivity index (χ2v) is 6.61. The molecule has 21 heavy (non-hydrogen) atoms. The van der Waals surface area contributed by atoms with Gasteiger partial charge in [-0.25, -0.2) is 0 Å². The van der Waals surface area contributed by atoms with Crippen LogP contribution in [-0.4, -0.2) is 29.4 Å². The van der Waals surface area contributed by atoms with Crippen LogP contribution >= 0.6 is 0 Å². The standard InChI is InChI=1S/C18H26N2O/c19-17(15-9-10-15)13-18(21)20-12-4-7-16(20)11-8-14-5-2-1-3-6-14/h1-3,5-6,15-17H,4,7-13,19H2. The molecule has 3 rings (SSSR count). The van der Waals surface area contributed by atoms with Crippen LogP contribution in [0.25, 0.3) is 0 Å². The van der Waals surface area contributed by atoms with Crippen molar-refractivity contribution >= 4 is 5.91 Å². The molecule has 114 valence electrons. The first-order chi connectivity index (χ1) is 10.2. The first-order valence-corrected chi connectivity index (χ1v) is 8.33. The highest BCUT2D eigenvalue weighted by molar-refractivity contribution is 5.77. The molecular formula is C18H26N2O. The summed E-state index contributed by atoms with van der Waals surface area (Å²) in [5.74, 6) is 0.893. The van der Waals surface area contributed by atoms with Gasteiger partial charge >= 0.3 is 0 Å². The highest BCUT2D eigenvalue weighted by Gasteiger charge is 2.34. The largest absolute Gasteiger partial charge is 0.340 e. The molecule has 1 aromatic carbocycles. The van der Waals surface area contributed by atoms with Gasteiger partial charge in [-0.05, 0) is 50.0 Å². The van der Waals surface area contributed by atoms with Crippen molar-refractivity contribution in [2.45, 2.75) is 57.0 Å². The summed E-state index contributed by atoms with van der Waals surface area (Å²) in [5.41, 5.74) is 7.48. The van der Waals surface area contributed by atoms with Crippen LogP contribution in [0.15, 0.2) is 30.3 Å². The van der Waals surface area contributed by atoms with Gasteiger partial charge in [0, 0.05) is 25.0 Å². The molecule has 1 aromatic rings. The zero-order chi connectivity index (χ0) is 14.7. The van der Waals surface area contributed by atoms with E-state index in [1.807, 2.05) is 6.07 Å². The molecule has 1 saturated heterocycles. The lowest BCUT2D eigenvalue weighted by Crippen LogP contribution is -2.39. The van der Waals surface area contributed by atoms with Gasteiger partial charge in [-0.1, -0.05) is 30.3 Å². The lowest BCUT2D eigenvalue weighted by molar-refractivity contribution is -0.132. The van der Waals surface area contributed by atoms with Gasteiger partial charge in [-0.15, -0.1) is 0 Å². The van der Waals surface area contributed by atoms with E-state index in [9.17, 15) is 4.79 Å². The molecule has 0 radical (unpaired) electrons. The summed E-state index contributed by atoms with van der Waals surface area (Å²) in [7, 11) is 0. The van der Waals surface area contributed by atoms with Crippen LogP contribution in [0.1, 0.15) is 44.1 Å². The van der Waals surface area contributed by atoms with Gasteiger partial charge in [0.25, 0.3) is 0 Å². The summed E-state index contributed by atoms with van der Waals surface area (Å²) < 4.78 is 0. The van der Waals surface area contributed by atoms with Crippen LogP contribution < -0.4 is 5.73 Å². The number of amides is 1. The minimum atomic E-state index is 0.0906. The van der Waals surface area contributed by atoms with Crippen LogP contribution in [0.5, 0.6) is 0 Å². The minimum absolute atomic E-state index is 0.0906. The normalized spacial score (nSPS) is 23.3. The van der Waals surface area contributed by atoms with Crippen molar-refractivity contribution < 1.29 is 4.79 Å². The van der Waals surface area contributed by atoms with Crippen LogP contribution in [0.2, 0.25) is 0 Å². The summed E-state index contributed by atoms with van der Waals surface area (Å²) in [6.45, 7) is 0.926. The third-order valence-electron chi connectivity index (χ3n) is 4.94. The summed E-state index contributed by atoms with van der Waals surface area (Å²) in [4.78, 5) is 14.6. The first kappa shape index (κ1) is 14.6. The summed E-state index contributed by atoms with van der Waals surface area (Å²) in [5, 5.41) is 0. The Morgan fingerprint density at radius 1 is 1.24 bits per heavy atom. The molecule has 1 aliphatic carbocycles. The Morgan fingerprint density at radius 2 is 2.00 bits per heavy atom. The molecule has 2 fully saturated rings. The average Bonchev–Trinajstić information content (AvgIpc) is 3.25. The number of likely N-dealkylation sites (tertiary alicyclic amines) is 1. The van der Waals surface area contributed by atoms with Crippen molar-refractivity contribution in [3.8, 4) is 0 Å². The van der Waals surface area contributed by atoms with Crippen LogP contribution in [0, 0.1) is 5.92 Å². The van der Waals surface area contributed by atoms with E-state index in [0.717, 1.165) is 32.2 Å². The lowest BCUT2D eigenvalue weighted by Gasteiger charge is -2.26. The third kappa shape index (κ3) is 3.85. The number of carbonyl (C=O) groups excluding carboxylic acids is 1. The number of benzene rings is 1. The average molecular weight is 286 g/mol. The first-order valence-electron chi connectivity index (χ1n) is 8.33. The predicted molar refractivity (Wildman–Crippen MR) is 84.8 cm³/mol. The summed E-state index contributed by atoms with van der Waals surface area (Å²) >= 11 is 0. The number of hydrogen-bond donors (Lipinski definition) is 1. The lowest BCUT2D eigenvalue weighted by atomic mass is 10.0. The Kier molecular flexibility index (Phi) is 4.59. The molecule has 2 aliphatic rings. The van der Waals surface area contributed by atoms with E-state index < -0.39 is 0 Å². The van der Waals surface area contributed by atoms with E-state index in [-0.39, 0.29) is 11.9 Å². The van der Waals surface area contributed by atoms with E-state index in [1.165, 1.54) is 18.4 Å². The Morgan fingerprint density at radius 3 is 2.71 bits per heavy atom. The fourth-order valence-corrected chi connectivity index (χ4v) is 3.45. The second-order valence-electron chi connectivity index (χ2n) is 6.61. The maximum atomic E-state index is 12.5. The molecule has 0 spiro atoms. The number of nitrogens with two attached hydrogens (primary N) is 1. The van der Waals surface area contributed by atoms with E-state index >= 15 is 0 Å². The summed E-state index contributed by atoms with van der Waals surface area (Å²) in [6.07, 6.45) is 7.41. The number of rotatable bonds is 6. The second kappa shape index (κ2) is 6.61. The molecule has 1 aliphatic heterocycles. The fourth-order valence-electron chi connectivity index (χ4n) is 3.45. The van der Waals surface area contributed by atoms with Gasteiger partial charge in [-0.3, -0.25) is 4.79 Å². The summed E-state index contributed by atoms with van der Waals surface area (Å²) in [6, 6.07) is 11.1. The van der Waals surface area contributed by atoms with Gasteiger partial charge in [0.2, 0.25) is 5.91 Å². The van der Waals surface area contributed by atoms with Crippen molar-refractivity contribution in [3.05, 3.63) is 35.9 Å². The Hall–Kier alpha value is -1.35. The Bertz CT molecular complexity index is 469. The monoisotopic (exact) mass is 286 g/mol. The van der Waals surface area contributed by atoms with Crippen molar-refractivity contribution in [1.82, 2.24) is 4.90 Å². The van der Waals surface area contributed by atoms with Crippen molar-refractivity contribution in [2.75, 3.05) is 6.54 Å². The third-order valence-corrected chi connectivity index (χ3v) is 4.94. The highest BCUT2D eigenvalue weighted by Crippen LogP contribution is 2.33. The molecule has 3 heteroatoms. The Balaban J connectivity index is 1.51. The number of nitrogens with zero attached hydrogens (tertiary/aromatic N) is 1. The van der Waals surface area contributed by atoms with Crippen LogP contribution in [0.3, 0.4) is 0 Å². The number of hydrogen-bond acceptors (Lipinski definition) is 2. The minimum Gasteiger partial charge on any atom is -0.340 e. The molecule has 0 aromatic heterocycles. The molecule has 1 saturated carbocycles. The van der Waals surface area contributed by atoms with Gasteiger partial charge < -0.3 is 10.6 Å². The zero-order valence-electron chi connectivity index (χ0n) is 12.7. The number of carbonyl (C=O) groups is 1. The smallest absolute Gasteiger partial charge is 0.224 e. The van der Waals surface area contributed by atoms with Gasteiger partial charge in [-0.2, -0.15) is 0 Å². The van der Waals surface area contributed by atoms with Crippen molar-refractivity contribution in [3.63, 3.8) is 0 Å². The van der Waals surface area contributed by atoms with E-state index in [2.05, 4.69) is 29.2 Å². The van der Waals surface area contributed by atoms with Crippen LogP contribution in [-0.2, 0) is 11.2 Å².